The lowest BCUT2D eigenvalue weighted by molar-refractivity contribution is 0.0154. The molecule has 0 amide bonds. The fraction of sp³-hybridized carbons (Fsp3) is 1.00. The number of alkyl halides is 1. The van der Waals surface area contributed by atoms with E-state index in [4.69, 9.17) is 16.3 Å². The van der Waals surface area contributed by atoms with Crippen molar-refractivity contribution in [1.82, 2.24) is 5.32 Å². The van der Waals surface area contributed by atoms with Crippen LogP contribution in [0.5, 0.6) is 0 Å². The first-order valence-corrected chi connectivity index (χ1v) is 5.90. The molecule has 1 N–H and O–H groups in total. The van der Waals surface area contributed by atoms with Gasteiger partial charge in [-0.25, -0.2) is 0 Å². The highest BCUT2D eigenvalue weighted by molar-refractivity contribution is 6.17. The zero-order chi connectivity index (χ0) is 11.0. The standard InChI is InChI=1S/C11H24ClNO/c1-10(6-5-8-12)13-9-7-11(2,3)14-4/h10,13H,5-9H2,1-4H3. The minimum atomic E-state index is -0.0147. The number of ether oxygens (including phenoxy) is 1. The minimum absolute atomic E-state index is 0.0147. The molecule has 0 aromatic heterocycles. The Morgan fingerprint density at radius 1 is 1.43 bits per heavy atom. The summed E-state index contributed by atoms with van der Waals surface area (Å²) in [5.74, 6) is 0.760. The lowest BCUT2D eigenvalue weighted by Crippen LogP contribution is -2.33. The summed E-state index contributed by atoms with van der Waals surface area (Å²) in [6.07, 6.45) is 3.27. The Bertz CT molecular complexity index is 139. The van der Waals surface area contributed by atoms with E-state index < -0.39 is 0 Å². The number of halogens is 1. The Morgan fingerprint density at radius 2 is 2.07 bits per heavy atom. The second kappa shape index (κ2) is 7.49. The molecule has 0 aliphatic carbocycles. The zero-order valence-electron chi connectivity index (χ0n) is 9.90. The summed E-state index contributed by atoms with van der Waals surface area (Å²) in [7, 11) is 1.76. The van der Waals surface area contributed by atoms with Crippen LogP contribution >= 0.6 is 11.6 Å². The van der Waals surface area contributed by atoms with Crippen molar-refractivity contribution in [1.29, 1.82) is 0 Å². The van der Waals surface area contributed by atoms with Gasteiger partial charge in [0.15, 0.2) is 0 Å². The van der Waals surface area contributed by atoms with Gasteiger partial charge in [0.1, 0.15) is 0 Å². The van der Waals surface area contributed by atoms with E-state index in [2.05, 4.69) is 26.1 Å². The van der Waals surface area contributed by atoms with Crippen molar-refractivity contribution in [2.75, 3.05) is 19.5 Å². The maximum Gasteiger partial charge on any atom is 0.0634 e. The maximum absolute atomic E-state index is 5.63. The summed E-state index contributed by atoms with van der Waals surface area (Å²) >= 11 is 5.63. The van der Waals surface area contributed by atoms with Crippen molar-refractivity contribution in [2.24, 2.45) is 0 Å². The monoisotopic (exact) mass is 221 g/mol. The van der Waals surface area contributed by atoms with E-state index in [0.29, 0.717) is 6.04 Å². The van der Waals surface area contributed by atoms with E-state index in [1.165, 1.54) is 0 Å². The van der Waals surface area contributed by atoms with Crippen LogP contribution in [0.1, 0.15) is 40.0 Å². The SMILES string of the molecule is COC(C)(C)CCNC(C)CCCCl. The quantitative estimate of drug-likeness (QED) is 0.637. The third-order valence-electron chi connectivity index (χ3n) is 2.54. The van der Waals surface area contributed by atoms with Crippen LogP contribution in [0.25, 0.3) is 0 Å². The predicted octanol–water partition coefficient (Wildman–Crippen LogP) is 2.80. The van der Waals surface area contributed by atoms with Crippen LogP contribution in [0.15, 0.2) is 0 Å². The lowest BCUT2D eigenvalue weighted by Gasteiger charge is -2.24. The molecule has 0 bridgehead atoms. The zero-order valence-corrected chi connectivity index (χ0v) is 10.7. The molecule has 0 saturated heterocycles. The van der Waals surface area contributed by atoms with Gasteiger partial charge in [-0.05, 0) is 46.6 Å². The molecule has 0 heterocycles. The Morgan fingerprint density at radius 3 is 2.57 bits per heavy atom. The third-order valence-corrected chi connectivity index (χ3v) is 2.81. The molecule has 3 heteroatoms. The average molecular weight is 222 g/mol. The van der Waals surface area contributed by atoms with Gasteiger partial charge in [-0.15, -0.1) is 11.6 Å². The molecule has 86 valence electrons. The lowest BCUT2D eigenvalue weighted by atomic mass is 10.1. The van der Waals surface area contributed by atoms with Crippen LogP contribution in [0, 0.1) is 0 Å². The average Bonchev–Trinajstić information content (AvgIpc) is 2.14. The van der Waals surface area contributed by atoms with Crippen molar-refractivity contribution >= 4 is 11.6 Å². The largest absolute Gasteiger partial charge is 0.379 e. The third kappa shape index (κ3) is 7.60. The number of hydrogen-bond donors (Lipinski definition) is 1. The van der Waals surface area contributed by atoms with Gasteiger partial charge in [0.2, 0.25) is 0 Å². The van der Waals surface area contributed by atoms with Gasteiger partial charge < -0.3 is 10.1 Å². The molecule has 0 aliphatic rings. The molecule has 2 nitrogen and oxygen atoms in total. The van der Waals surface area contributed by atoms with Crippen LogP contribution in [-0.4, -0.2) is 31.2 Å². The Hall–Kier alpha value is 0.210. The molecule has 0 fully saturated rings. The van der Waals surface area contributed by atoms with Crippen molar-refractivity contribution in [3.63, 3.8) is 0 Å². The van der Waals surface area contributed by atoms with E-state index in [1.54, 1.807) is 7.11 Å². The van der Waals surface area contributed by atoms with Gasteiger partial charge in [-0.2, -0.15) is 0 Å². The molecular weight excluding hydrogens is 198 g/mol. The first-order valence-electron chi connectivity index (χ1n) is 5.36. The maximum atomic E-state index is 5.63. The second-order valence-corrected chi connectivity index (χ2v) is 4.78. The fourth-order valence-corrected chi connectivity index (χ4v) is 1.36. The molecule has 0 rings (SSSR count). The van der Waals surface area contributed by atoms with Gasteiger partial charge in [0.05, 0.1) is 5.60 Å². The highest BCUT2D eigenvalue weighted by Gasteiger charge is 2.15. The second-order valence-electron chi connectivity index (χ2n) is 4.40. The molecule has 14 heavy (non-hydrogen) atoms. The van der Waals surface area contributed by atoms with Gasteiger partial charge in [0.25, 0.3) is 0 Å². The number of rotatable bonds is 8. The Kier molecular flexibility index (Phi) is 7.61. The van der Waals surface area contributed by atoms with Crippen LogP contribution < -0.4 is 5.32 Å². The smallest absolute Gasteiger partial charge is 0.0634 e. The number of methoxy groups -OCH3 is 1. The summed E-state index contributed by atoms with van der Waals surface area (Å²) < 4.78 is 5.34. The van der Waals surface area contributed by atoms with E-state index in [9.17, 15) is 0 Å². The van der Waals surface area contributed by atoms with E-state index >= 15 is 0 Å². The minimum Gasteiger partial charge on any atom is -0.379 e. The van der Waals surface area contributed by atoms with E-state index in [0.717, 1.165) is 31.7 Å². The summed E-state index contributed by atoms with van der Waals surface area (Å²) in [5.41, 5.74) is -0.0147. The molecule has 0 aromatic carbocycles. The predicted molar refractivity (Wildman–Crippen MR) is 63.1 cm³/mol. The van der Waals surface area contributed by atoms with Crippen LogP contribution in [-0.2, 0) is 4.74 Å². The van der Waals surface area contributed by atoms with Crippen molar-refractivity contribution in [3.05, 3.63) is 0 Å². The molecular formula is C11H24ClNO. The summed E-state index contributed by atoms with van der Waals surface area (Å²) in [4.78, 5) is 0. The fourth-order valence-electron chi connectivity index (χ4n) is 1.21. The first-order chi connectivity index (χ1) is 6.52. The number of nitrogens with one attached hydrogen (secondary N) is 1. The molecule has 0 aliphatic heterocycles. The van der Waals surface area contributed by atoms with Crippen LogP contribution in [0.3, 0.4) is 0 Å². The van der Waals surface area contributed by atoms with E-state index in [-0.39, 0.29) is 5.60 Å². The van der Waals surface area contributed by atoms with Crippen LogP contribution in [0.4, 0.5) is 0 Å². The Balaban J connectivity index is 3.43. The molecule has 1 unspecified atom stereocenters. The molecule has 0 saturated carbocycles. The molecule has 0 radical (unpaired) electrons. The normalized spacial score (nSPS) is 14.4. The Labute approximate surface area is 93.4 Å². The van der Waals surface area contributed by atoms with Crippen LogP contribution in [0.2, 0.25) is 0 Å². The van der Waals surface area contributed by atoms with Gasteiger partial charge in [-0.3, -0.25) is 0 Å². The molecule has 0 spiro atoms. The summed E-state index contributed by atoms with van der Waals surface area (Å²) in [6.45, 7) is 7.42. The molecule has 1 atom stereocenters. The first kappa shape index (κ1) is 14.2. The highest BCUT2D eigenvalue weighted by Crippen LogP contribution is 2.11. The van der Waals surface area contributed by atoms with Crippen molar-refractivity contribution in [2.45, 2.75) is 51.7 Å². The van der Waals surface area contributed by atoms with E-state index in [1.807, 2.05) is 0 Å². The van der Waals surface area contributed by atoms with Gasteiger partial charge in [-0.1, -0.05) is 0 Å². The number of hydrogen-bond acceptors (Lipinski definition) is 2. The summed E-state index contributed by atoms with van der Waals surface area (Å²) in [5, 5.41) is 3.47. The topological polar surface area (TPSA) is 21.3 Å². The van der Waals surface area contributed by atoms with Crippen molar-refractivity contribution < 1.29 is 4.74 Å². The van der Waals surface area contributed by atoms with Gasteiger partial charge >= 0.3 is 0 Å². The van der Waals surface area contributed by atoms with Gasteiger partial charge in [0, 0.05) is 19.0 Å². The summed E-state index contributed by atoms with van der Waals surface area (Å²) in [6, 6.07) is 0.557. The van der Waals surface area contributed by atoms with Crippen molar-refractivity contribution in [3.8, 4) is 0 Å². The molecule has 0 aromatic rings. The highest BCUT2D eigenvalue weighted by atomic mass is 35.5.